The van der Waals surface area contributed by atoms with Crippen molar-refractivity contribution in [1.29, 1.82) is 0 Å². The van der Waals surface area contributed by atoms with E-state index in [4.69, 9.17) is 5.26 Å². The highest BCUT2D eigenvalue weighted by molar-refractivity contribution is 7.94. The zero-order chi connectivity index (χ0) is 5.86. The van der Waals surface area contributed by atoms with E-state index in [0.717, 1.165) is 0 Å². The van der Waals surface area contributed by atoms with Gasteiger partial charge in [-0.15, -0.1) is 0 Å². The fourth-order valence-corrected chi connectivity index (χ4v) is 0.100. The molecule has 0 saturated carbocycles. The van der Waals surface area contributed by atoms with E-state index in [1.54, 1.807) is 0 Å². The lowest BCUT2D eigenvalue weighted by Gasteiger charge is -1.97. The van der Waals surface area contributed by atoms with Gasteiger partial charge in [0.15, 0.2) is 0 Å². The monoisotopic (exact) mass is 140 g/mol. The van der Waals surface area contributed by atoms with Crippen molar-refractivity contribution < 1.29 is 14.9 Å². The van der Waals surface area contributed by atoms with E-state index in [0.29, 0.717) is 3.71 Å². The lowest BCUT2D eigenvalue weighted by atomic mass is 11.3. The van der Waals surface area contributed by atoms with E-state index in [2.05, 4.69) is 30.5 Å². The highest BCUT2D eigenvalue weighted by atomic mass is 32.2. The van der Waals surface area contributed by atoms with Crippen molar-refractivity contribution in [2.75, 3.05) is 0 Å². The third-order valence-electron chi connectivity index (χ3n) is 0.235. The van der Waals surface area contributed by atoms with Gasteiger partial charge in [0.05, 0.1) is 0 Å². The molecule has 4 nitrogen and oxygen atoms in total. The Morgan fingerprint density at radius 2 is 2.00 bits per heavy atom. The van der Waals surface area contributed by atoms with Crippen molar-refractivity contribution >= 4 is 31.7 Å². The van der Waals surface area contributed by atoms with E-state index < -0.39 is 6.09 Å². The van der Waals surface area contributed by atoms with Gasteiger partial charge in [-0.3, -0.25) is 0 Å². The van der Waals surface area contributed by atoms with Crippen LogP contribution in [0.2, 0.25) is 0 Å². The van der Waals surface area contributed by atoms with Crippen LogP contribution in [0.1, 0.15) is 0 Å². The van der Waals surface area contributed by atoms with E-state index in [1.165, 1.54) is 0 Å². The smallest absolute Gasteiger partial charge is 0.241 e. The summed E-state index contributed by atoms with van der Waals surface area (Å²) in [5.74, 6) is 0. The molecule has 0 unspecified atom stereocenters. The van der Waals surface area contributed by atoms with Gasteiger partial charge >= 0.3 is 6.09 Å². The zero-order valence-electron chi connectivity index (χ0n) is 3.07. The normalized spacial score (nSPS) is 7.86. The standard InChI is InChI=1S/CH2NO3S2/c3-1(5-4)2(6)7/h6-7H. The van der Waals surface area contributed by atoms with E-state index >= 15 is 0 Å². The van der Waals surface area contributed by atoms with Crippen molar-refractivity contribution in [3.8, 4) is 0 Å². The largest absolute Gasteiger partial charge is 0.464 e. The van der Waals surface area contributed by atoms with Crippen molar-refractivity contribution in [3.05, 3.63) is 0 Å². The van der Waals surface area contributed by atoms with Crippen LogP contribution in [0.15, 0.2) is 0 Å². The molecule has 0 aliphatic heterocycles. The Labute approximate surface area is 51.1 Å². The van der Waals surface area contributed by atoms with Crippen LogP contribution < -0.4 is 0 Å². The second kappa shape index (κ2) is 3.00. The fourth-order valence-electron chi connectivity index (χ4n) is 0.0333. The second-order valence-electron chi connectivity index (χ2n) is 0.639. The molecule has 1 amide bonds. The average molecular weight is 140 g/mol. The summed E-state index contributed by atoms with van der Waals surface area (Å²) in [6.45, 7) is 0. The van der Waals surface area contributed by atoms with Crippen molar-refractivity contribution in [1.82, 2.24) is 3.71 Å². The molecule has 0 N–H and O–H groups in total. The second-order valence-corrected chi connectivity index (χ2v) is 1.75. The molecule has 0 aliphatic rings. The van der Waals surface area contributed by atoms with Crippen molar-refractivity contribution in [2.45, 2.75) is 0 Å². The summed E-state index contributed by atoms with van der Waals surface area (Å²) >= 11 is 6.59. The molecule has 0 bridgehead atoms. The maximum absolute atomic E-state index is 9.75. The number of amides is 1. The Morgan fingerprint density at radius 3 is 2.00 bits per heavy atom. The third kappa shape index (κ3) is 2.60. The average Bonchev–Trinajstić information content (AvgIpc) is 1.65. The highest BCUT2D eigenvalue weighted by Crippen LogP contribution is 1.98. The molecule has 0 atom stereocenters. The minimum Gasteiger partial charge on any atom is -0.241 e. The first-order chi connectivity index (χ1) is 3.18. The molecule has 0 rings (SSSR count). The van der Waals surface area contributed by atoms with Crippen molar-refractivity contribution in [3.63, 3.8) is 0 Å². The Bertz CT molecular complexity index is 73.3. The minimum absolute atomic E-state index is 0.438. The summed E-state index contributed by atoms with van der Waals surface area (Å²) in [5.41, 5.74) is 0. The van der Waals surface area contributed by atoms with Gasteiger partial charge in [-0.2, -0.15) is 3.71 Å². The molecular formula is CH2NO3S2. The molecule has 0 aromatic carbocycles. The number of carbonyl (C=O) groups excluding carboxylic acids is 1. The van der Waals surface area contributed by atoms with Crippen LogP contribution in [0, 0.1) is 0 Å². The lowest BCUT2D eigenvalue weighted by Crippen LogP contribution is -2.09. The predicted octanol–water partition coefficient (Wildman–Crippen LogP) is 0.460. The number of thiol groups is 2. The van der Waals surface area contributed by atoms with Gasteiger partial charge in [0.2, 0.25) is 0 Å². The summed E-state index contributed by atoms with van der Waals surface area (Å²) in [6.07, 6.45) is -1.15. The molecule has 0 aromatic heterocycles. The lowest BCUT2D eigenvalue weighted by molar-refractivity contribution is -0.244. The third-order valence-corrected chi connectivity index (χ3v) is 0.561. The molecule has 6 heteroatoms. The molecule has 1 radical (unpaired) electrons. The van der Waals surface area contributed by atoms with Gasteiger partial charge in [0.1, 0.15) is 0 Å². The van der Waals surface area contributed by atoms with E-state index in [1.807, 2.05) is 0 Å². The van der Waals surface area contributed by atoms with Gasteiger partial charge in [0.25, 0.3) is 0 Å². The SMILES string of the molecule is [O]OC(=O)N(S)S. The van der Waals surface area contributed by atoms with Crippen LogP contribution >= 0.6 is 25.6 Å². The maximum Gasteiger partial charge on any atom is 0.464 e. The molecule has 0 aromatic rings. The summed E-state index contributed by atoms with van der Waals surface area (Å²) in [6, 6.07) is 0. The number of hydrogen-bond donors (Lipinski definition) is 2. The van der Waals surface area contributed by atoms with Crippen LogP contribution in [0.25, 0.3) is 0 Å². The Hall–Kier alpha value is -0.0700. The van der Waals surface area contributed by atoms with Gasteiger partial charge < -0.3 is 0 Å². The quantitative estimate of drug-likeness (QED) is 0.292. The molecule has 0 heterocycles. The summed E-state index contributed by atoms with van der Waals surface area (Å²) in [5, 5.41) is 9.08. The number of hydrogen-bond acceptors (Lipinski definition) is 4. The molecule has 0 fully saturated rings. The minimum atomic E-state index is -1.15. The van der Waals surface area contributed by atoms with Gasteiger partial charge in [-0.05, 0) is 25.6 Å². The van der Waals surface area contributed by atoms with E-state index in [-0.39, 0.29) is 0 Å². The molecule has 0 saturated heterocycles. The molecular weight excluding hydrogens is 138 g/mol. The Kier molecular flexibility index (Phi) is 2.97. The van der Waals surface area contributed by atoms with Gasteiger partial charge in [0, 0.05) is 5.26 Å². The van der Waals surface area contributed by atoms with Crippen LogP contribution in [0.4, 0.5) is 4.79 Å². The number of rotatable bonds is 0. The number of nitrogens with zero attached hydrogens (tertiary/aromatic N) is 1. The topological polar surface area (TPSA) is 49.4 Å². The van der Waals surface area contributed by atoms with E-state index in [9.17, 15) is 4.79 Å². The van der Waals surface area contributed by atoms with Crippen LogP contribution in [0.3, 0.4) is 0 Å². The van der Waals surface area contributed by atoms with Crippen LogP contribution in [0.5, 0.6) is 0 Å². The Morgan fingerprint density at radius 1 is 1.57 bits per heavy atom. The molecule has 0 spiro atoms. The predicted molar refractivity (Wildman–Crippen MR) is 27.0 cm³/mol. The maximum atomic E-state index is 9.75. The summed E-state index contributed by atoms with van der Waals surface area (Å²) in [7, 11) is 0. The summed E-state index contributed by atoms with van der Waals surface area (Å²) in [4.78, 5) is 12.6. The highest BCUT2D eigenvalue weighted by Gasteiger charge is 2.04. The fraction of sp³-hybridized carbons (Fsp3) is 0. The van der Waals surface area contributed by atoms with Gasteiger partial charge in [-0.25, -0.2) is 9.68 Å². The van der Waals surface area contributed by atoms with Gasteiger partial charge in [-0.1, -0.05) is 0 Å². The number of carbonyl (C=O) groups is 1. The van der Waals surface area contributed by atoms with Crippen LogP contribution in [-0.2, 0) is 10.1 Å². The zero-order valence-corrected chi connectivity index (χ0v) is 4.86. The molecule has 7 heavy (non-hydrogen) atoms. The first-order valence-corrected chi connectivity index (χ1v) is 2.00. The first-order valence-electron chi connectivity index (χ1n) is 1.20. The Balaban J connectivity index is 3.35. The van der Waals surface area contributed by atoms with Crippen molar-refractivity contribution in [2.24, 2.45) is 0 Å². The molecule has 0 aliphatic carbocycles. The first kappa shape index (κ1) is 6.93. The molecule has 41 valence electrons. The van der Waals surface area contributed by atoms with Crippen LogP contribution in [-0.4, -0.2) is 9.80 Å². The summed E-state index contributed by atoms with van der Waals surface area (Å²) < 4.78 is 0.438.